The van der Waals surface area contributed by atoms with Crippen molar-refractivity contribution in [2.45, 2.75) is 17.4 Å². The van der Waals surface area contributed by atoms with Crippen LogP contribution in [0.2, 0.25) is 0 Å². The maximum Gasteiger partial charge on any atom is 0.241 e. The van der Waals surface area contributed by atoms with Crippen LogP contribution >= 0.6 is 0 Å². The normalized spacial score (nSPS) is 17.8. The number of nitrogens with two attached hydrogens (primary N) is 1. The van der Waals surface area contributed by atoms with Crippen molar-refractivity contribution in [2.24, 2.45) is 0 Å². The van der Waals surface area contributed by atoms with Crippen molar-refractivity contribution in [1.29, 1.82) is 0 Å². The van der Waals surface area contributed by atoms with Gasteiger partial charge in [0, 0.05) is 17.7 Å². The Morgan fingerprint density at radius 1 is 1.14 bits per heavy atom. The van der Waals surface area contributed by atoms with Crippen molar-refractivity contribution in [3.63, 3.8) is 0 Å². The van der Waals surface area contributed by atoms with Crippen LogP contribution in [0.4, 0.5) is 5.69 Å². The molecule has 0 spiro atoms. The Bertz CT molecular complexity index is 759. The Balaban J connectivity index is 1.90. The quantitative estimate of drug-likeness (QED) is 0.851. The summed E-state index contributed by atoms with van der Waals surface area (Å²) in [5.74, 6) is 0.726. The average molecular weight is 304 g/mol. The van der Waals surface area contributed by atoms with E-state index in [4.69, 9.17) is 10.5 Å². The third-order valence-corrected chi connectivity index (χ3v) is 4.89. The Morgan fingerprint density at radius 2 is 1.95 bits per heavy atom. The van der Waals surface area contributed by atoms with E-state index in [0.29, 0.717) is 18.7 Å². The lowest BCUT2D eigenvalue weighted by atomic mass is 10.0. The zero-order valence-electron chi connectivity index (χ0n) is 11.3. The number of ether oxygens (including phenoxy) is 1. The minimum Gasteiger partial charge on any atom is -0.493 e. The van der Waals surface area contributed by atoms with Gasteiger partial charge in [0.1, 0.15) is 5.75 Å². The van der Waals surface area contributed by atoms with Crippen molar-refractivity contribution < 1.29 is 13.2 Å². The molecule has 0 saturated heterocycles. The third kappa shape index (κ3) is 2.86. The number of para-hydroxylation sites is 1. The Labute approximate surface area is 123 Å². The second-order valence-electron chi connectivity index (χ2n) is 4.92. The molecule has 5 nitrogen and oxygen atoms in total. The van der Waals surface area contributed by atoms with E-state index in [1.54, 1.807) is 12.1 Å². The first-order valence-corrected chi connectivity index (χ1v) is 8.14. The van der Waals surface area contributed by atoms with Crippen LogP contribution in [0.15, 0.2) is 53.4 Å². The van der Waals surface area contributed by atoms with E-state index in [9.17, 15) is 8.42 Å². The Hall–Kier alpha value is -2.05. The second-order valence-corrected chi connectivity index (χ2v) is 6.64. The lowest BCUT2D eigenvalue weighted by molar-refractivity contribution is 0.263. The molecule has 1 unspecified atom stereocenters. The maximum atomic E-state index is 12.5. The molecule has 0 amide bonds. The largest absolute Gasteiger partial charge is 0.493 e. The van der Waals surface area contributed by atoms with Crippen LogP contribution in [-0.2, 0) is 10.0 Å². The lowest BCUT2D eigenvalue weighted by Crippen LogP contribution is -2.32. The van der Waals surface area contributed by atoms with E-state index in [-0.39, 0.29) is 10.9 Å². The molecule has 21 heavy (non-hydrogen) atoms. The van der Waals surface area contributed by atoms with Gasteiger partial charge in [0.25, 0.3) is 0 Å². The number of benzene rings is 2. The highest BCUT2D eigenvalue weighted by atomic mass is 32.2. The fourth-order valence-electron chi connectivity index (χ4n) is 2.40. The zero-order valence-corrected chi connectivity index (χ0v) is 12.1. The molecular formula is C15H16N2O3S. The number of hydrogen-bond donors (Lipinski definition) is 2. The standard InChI is InChI=1S/C15H16N2O3S/c16-11-4-3-5-12(10-11)21(18,19)17-14-8-9-20-15-7-2-1-6-13(14)15/h1-7,10,14,17H,8-9,16H2. The topological polar surface area (TPSA) is 81.4 Å². The number of rotatable bonds is 3. The van der Waals surface area contributed by atoms with Gasteiger partial charge in [-0.15, -0.1) is 0 Å². The minimum atomic E-state index is -3.61. The smallest absolute Gasteiger partial charge is 0.241 e. The van der Waals surface area contributed by atoms with Gasteiger partial charge in [-0.05, 0) is 24.3 Å². The van der Waals surface area contributed by atoms with Crippen molar-refractivity contribution in [3.8, 4) is 5.75 Å². The fourth-order valence-corrected chi connectivity index (χ4v) is 3.71. The summed E-state index contributed by atoms with van der Waals surface area (Å²) in [5.41, 5.74) is 6.93. The molecule has 3 rings (SSSR count). The van der Waals surface area contributed by atoms with Crippen LogP contribution in [0, 0.1) is 0 Å². The first kappa shape index (κ1) is 13.9. The highest BCUT2D eigenvalue weighted by molar-refractivity contribution is 7.89. The number of fused-ring (bicyclic) bond motifs is 1. The molecule has 1 heterocycles. The van der Waals surface area contributed by atoms with Crippen LogP contribution in [0.25, 0.3) is 0 Å². The fraction of sp³-hybridized carbons (Fsp3) is 0.200. The van der Waals surface area contributed by atoms with E-state index in [2.05, 4.69) is 4.72 Å². The molecule has 1 atom stereocenters. The molecular weight excluding hydrogens is 288 g/mol. The first-order valence-electron chi connectivity index (χ1n) is 6.66. The second kappa shape index (κ2) is 5.38. The molecule has 3 N–H and O–H groups in total. The average Bonchev–Trinajstić information content (AvgIpc) is 2.47. The summed E-state index contributed by atoms with van der Waals surface area (Å²) in [6, 6.07) is 13.4. The Kier molecular flexibility index (Phi) is 3.57. The number of nitrogens with one attached hydrogen (secondary N) is 1. The lowest BCUT2D eigenvalue weighted by Gasteiger charge is -2.26. The van der Waals surface area contributed by atoms with E-state index in [0.717, 1.165) is 11.3 Å². The molecule has 2 aromatic carbocycles. The van der Waals surface area contributed by atoms with Gasteiger partial charge < -0.3 is 10.5 Å². The summed E-state index contributed by atoms with van der Waals surface area (Å²) in [6.07, 6.45) is 0.596. The molecule has 6 heteroatoms. The summed E-state index contributed by atoms with van der Waals surface area (Å²) >= 11 is 0. The summed E-state index contributed by atoms with van der Waals surface area (Å²) in [5, 5.41) is 0. The van der Waals surface area contributed by atoms with Crippen LogP contribution < -0.4 is 15.2 Å². The van der Waals surface area contributed by atoms with Crippen molar-refractivity contribution in [3.05, 3.63) is 54.1 Å². The van der Waals surface area contributed by atoms with Gasteiger partial charge >= 0.3 is 0 Å². The number of sulfonamides is 1. The van der Waals surface area contributed by atoms with Gasteiger partial charge in [0.05, 0.1) is 17.5 Å². The van der Waals surface area contributed by atoms with E-state index in [1.807, 2.05) is 24.3 Å². The Morgan fingerprint density at radius 3 is 2.76 bits per heavy atom. The van der Waals surface area contributed by atoms with E-state index >= 15 is 0 Å². The number of hydrogen-bond acceptors (Lipinski definition) is 4. The van der Waals surface area contributed by atoms with E-state index in [1.165, 1.54) is 12.1 Å². The SMILES string of the molecule is Nc1cccc(S(=O)(=O)NC2CCOc3ccccc32)c1. The van der Waals surface area contributed by atoms with Crippen LogP contribution in [0.5, 0.6) is 5.75 Å². The summed E-state index contributed by atoms with van der Waals surface area (Å²) in [4.78, 5) is 0.173. The molecule has 0 aromatic heterocycles. The summed E-state index contributed by atoms with van der Waals surface area (Å²) in [7, 11) is -3.61. The van der Waals surface area contributed by atoms with Gasteiger partial charge in [-0.25, -0.2) is 13.1 Å². The summed E-state index contributed by atoms with van der Waals surface area (Å²) < 4.78 is 33.2. The van der Waals surface area contributed by atoms with Gasteiger partial charge in [0.15, 0.2) is 0 Å². The predicted octanol–water partition coefficient (Wildman–Crippen LogP) is 2.07. The molecule has 0 bridgehead atoms. The molecule has 0 aliphatic carbocycles. The van der Waals surface area contributed by atoms with Gasteiger partial charge in [0.2, 0.25) is 10.0 Å². The molecule has 0 saturated carbocycles. The molecule has 2 aromatic rings. The van der Waals surface area contributed by atoms with Crippen LogP contribution in [0.3, 0.4) is 0 Å². The maximum absolute atomic E-state index is 12.5. The van der Waals surface area contributed by atoms with Crippen molar-refractivity contribution in [1.82, 2.24) is 4.72 Å². The van der Waals surface area contributed by atoms with Gasteiger partial charge in [-0.1, -0.05) is 24.3 Å². The molecule has 1 aliphatic rings. The van der Waals surface area contributed by atoms with E-state index < -0.39 is 10.0 Å². The highest BCUT2D eigenvalue weighted by Crippen LogP contribution is 2.32. The summed E-state index contributed by atoms with van der Waals surface area (Å²) in [6.45, 7) is 0.487. The molecule has 0 radical (unpaired) electrons. The van der Waals surface area contributed by atoms with Crippen molar-refractivity contribution >= 4 is 15.7 Å². The van der Waals surface area contributed by atoms with Crippen LogP contribution in [-0.4, -0.2) is 15.0 Å². The molecule has 1 aliphatic heterocycles. The minimum absolute atomic E-state index is 0.173. The zero-order chi connectivity index (χ0) is 14.9. The monoisotopic (exact) mass is 304 g/mol. The highest BCUT2D eigenvalue weighted by Gasteiger charge is 2.26. The van der Waals surface area contributed by atoms with Crippen molar-refractivity contribution in [2.75, 3.05) is 12.3 Å². The van der Waals surface area contributed by atoms with Crippen LogP contribution in [0.1, 0.15) is 18.0 Å². The van der Waals surface area contributed by atoms with Gasteiger partial charge in [-0.3, -0.25) is 0 Å². The molecule has 0 fully saturated rings. The first-order chi connectivity index (χ1) is 10.1. The third-order valence-electron chi connectivity index (χ3n) is 3.42. The number of anilines is 1. The van der Waals surface area contributed by atoms with Gasteiger partial charge in [-0.2, -0.15) is 0 Å². The predicted molar refractivity (Wildman–Crippen MR) is 80.5 cm³/mol. The number of nitrogen functional groups attached to an aromatic ring is 1. The molecule has 110 valence electrons.